The first-order valence-electron chi connectivity index (χ1n) is 3.36. The summed E-state index contributed by atoms with van der Waals surface area (Å²) < 4.78 is 0. The lowest BCUT2D eigenvalue weighted by Gasteiger charge is -2.13. The predicted molar refractivity (Wildman–Crippen MR) is 41.3 cm³/mol. The van der Waals surface area contributed by atoms with Gasteiger partial charge in [0.2, 0.25) is 0 Å². The lowest BCUT2D eigenvalue weighted by Crippen LogP contribution is -2.33. The largest absolute Gasteiger partial charge is 0.387 e. The Balaban J connectivity index is 3.28. The van der Waals surface area contributed by atoms with Crippen molar-refractivity contribution in [3.05, 3.63) is 12.8 Å². The molecule has 0 heterocycles. The molecule has 0 aromatic carbocycles. The minimum absolute atomic E-state index is 0.535. The molecule has 0 aliphatic heterocycles. The van der Waals surface area contributed by atoms with Crippen molar-refractivity contribution in [1.82, 2.24) is 10.6 Å². The second-order valence-corrected chi connectivity index (χ2v) is 2.03. The Bertz CT molecular complexity index is 71.3. The summed E-state index contributed by atoms with van der Waals surface area (Å²) in [5, 5.41) is 6.23. The van der Waals surface area contributed by atoms with Gasteiger partial charge in [-0.25, -0.2) is 0 Å². The van der Waals surface area contributed by atoms with Gasteiger partial charge < -0.3 is 10.6 Å². The van der Waals surface area contributed by atoms with Crippen molar-refractivity contribution in [1.29, 1.82) is 0 Å². The van der Waals surface area contributed by atoms with Gasteiger partial charge in [0.25, 0.3) is 0 Å². The zero-order valence-electron chi connectivity index (χ0n) is 6.28. The molecule has 0 saturated carbocycles. The van der Waals surface area contributed by atoms with Gasteiger partial charge in [-0.2, -0.15) is 0 Å². The maximum Gasteiger partial charge on any atom is 0.0377 e. The van der Waals surface area contributed by atoms with Crippen LogP contribution in [0.2, 0.25) is 0 Å². The van der Waals surface area contributed by atoms with Gasteiger partial charge in [0.1, 0.15) is 0 Å². The van der Waals surface area contributed by atoms with Crippen molar-refractivity contribution in [3.63, 3.8) is 0 Å². The summed E-state index contributed by atoms with van der Waals surface area (Å²) in [6.45, 7) is 6.75. The molecule has 0 rings (SSSR count). The summed E-state index contributed by atoms with van der Waals surface area (Å²) in [7, 11) is 1.95. The van der Waals surface area contributed by atoms with E-state index in [9.17, 15) is 0 Å². The molecule has 0 radical (unpaired) electrons. The van der Waals surface area contributed by atoms with Crippen molar-refractivity contribution < 1.29 is 0 Å². The quantitative estimate of drug-likeness (QED) is 0.570. The molecule has 2 N–H and O–H groups in total. The standard InChI is InChI=1S/C7H16N2/c1-4-7(6-8-3)9-5-2/h5,7-9H,2,4,6H2,1,3H3. The second kappa shape index (κ2) is 5.63. The molecule has 1 atom stereocenters. The van der Waals surface area contributed by atoms with Gasteiger partial charge in [-0.1, -0.05) is 13.5 Å². The fraction of sp³-hybridized carbons (Fsp3) is 0.714. The summed E-state index contributed by atoms with van der Waals surface area (Å²) in [6.07, 6.45) is 2.87. The van der Waals surface area contributed by atoms with Gasteiger partial charge in [0, 0.05) is 12.6 Å². The average molecular weight is 128 g/mol. The Labute approximate surface area is 57.3 Å². The highest BCUT2D eigenvalue weighted by Gasteiger charge is 1.98. The Morgan fingerprint density at radius 1 is 1.67 bits per heavy atom. The van der Waals surface area contributed by atoms with E-state index >= 15 is 0 Å². The molecule has 9 heavy (non-hydrogen) atoms. The van der Waals surface area contributed by atoms with Crippen molar-refractivity contribution >= 4 is 0 Å². The Morgan fingerprint density at radius 3 is 2.67 bits per heavy atom. The number of hydrogen-bond acceptors (Lipinski definition) is 2. The summed E-state index contributed by atoms with van der Waals surface area (Å²) in [5.41, 5.74) is 0. The zero-order valence-corrected chi connectivity index (χ0v) is 6.28. The minimum Gasteiger partial charge on any atom is -0.387 e. The lowest BCUT2D eigenvalue weighted by atomic mass is 10.2. The monoisotopic (exact) mass is 128 g/mol. The molecule has 0 spiro atoms. The minimum atomic E-state index is 0.535. The molecule has 2 heteroatoms. The molecule has 0 bridgehead atoms. The van der Waals surface area contributed by atoms with Crippen LogP contribution in [0.4, 0.5) is 0 Å². The van der Waals surface area contributed by atoms with Crippen molar-refractivity contribution in [2.75, 3.05) is 13.6 Å². The maximum atomic E-state index is 3.59. The smallest absolute Gasteiger partial charge is 0.0377 e. The molecule has 0 aliphatic carbocycles. The molecule has 0 aromatic heterocycles. The predicted octanol–water partition coefficient (Wildman–Crippen LogP) is 0.717. The van der Waals surface area contributed by atoms with Crippen LogP contribution in [0.25, 0.3) is 0 Å². The van der Waals surface area contributed by atoms with Gasteiger partial charge in [-0.05, 0) is 19.7 Å². The van der Waals surface area contributed by atoms with Gasteiger partial charge in [0.15, 0.2) is 0 Å². The topological polar surface area (TPSA) is 24.1 Å². The van der Waals surface area contributed by atoms with Crippen molar-refractivity contribution in [2.45, 2.75) is 19.4 Å². The van der Waals surface area contributed by atoms with Crippen LogP contribution in [0.15, 0.2) is 12.8 Å². The maximum absolute atomic E-state index is 3.59. The van der Waals surface area contributed by atoms with E-state index in [4.69, 9.17) is 0 Å². The highest BCUT2D eigenvalue weighted by molar-refractivity contribution is 4.73. The fourth-order valence-electron chi connectivity index (χ4n) is 0.734. The Morgan fingerprint density at radius 2 is 2.33 bits per heavy atom. The van der Waals surface area contributed by atoms with Crippen LogP contribution < -0.4 is 10.6 Å². The number of hydrogen-bond donors (Lipinski definition) is 2. The van der Waals surface area contributed by atoms with Gasteiger partial charge in [0.05, 0.1) is 0 Å². The molecule has 0 amide bonds. The van der Waals surface area contributed by atoms with E-state index in [2.05, 4.69) is 24.1 Å². The van der Waals surface area contributed by atoms with Gasteiger partial charge >= 0.3 is 0 Å². The van der Waals surface area contributed by atoms with Gasteiger partial charge in [-0.15, -0.1) is 0 Å². The first kappa shape index (κ1) is 8.50. The molecule has 1 unspecified atom stereocenters. The fourth-order valence-corrected chi connectivity index (χ4v) is 0.734. The summed E-state index contributed by atoms with van der Waals surface area (Å²) in [6, 6.07) is 0.535. The van der Waals surface area contributed by atoms with Gasteiger partial charge in [-0.3, -0.25) is 0 Å². The van der Waals surface area contributed by atoms with E-state index in [0.717, 1.165) is 13.0 Å². The second-order valence-electron chi connectivity index (χ2n) is 2.03. The number of nitrogens with one attached hydrogen (secondary N) is 2. The third-order valence-electron chi connectivity index (χ3n) is 1.30. The zero-order chi connectivity index (χ0) is 7.11. The van der Waals surface area contributed by atoms with E-state index in [1.54, 1.807) is 6.20 Å². The molecule has 0 fully saturated rings. The van der Waals surface area contributed by atoms with Crippen LogP contribution >= 0.6 is 0 Å². The summed E-state index contributed by atoms with van der Waals surface area (Å²) in [4.78, 5) is 0. The van der Waals surface area contributed by atoms with Crippen molar-refractivity contribution in [3.8, 4) is 0 Å². The van der Waals surface area contributed by atoms with Crippen molar-refractivity contribution in [2.24, 2.45) is 0 Å². The Kier molecular flexibility index (Phi) is 5.32. The van der Waals surface area contributed by atoms with Crippen LogP contribution in [0.3, 0.4) is 0 Å². The first-order valence-corrected chi connectivity index (χ1v) is 3.36. The molecule has 54 valence electrons. The molecule has 2 nitrogen and oxygen atoms in total. The molecule has 0 saturated heterocycles. The van der Waals surface area contributed by atoms with Crippen LogP contribution in [0.1, 0.15) is 13.3 Å². The highest BCUT2D eigenvalue weighted by atomic mass is 14.9. The van der Waals surface area contributed by atoms with E-state index < -0.39 is 0 Å². The Hall–Kier alpha value is -0.500. The van der Waals surface area contributed by atoms with E-state index in [1.165, 1.54) is 0 Å². The van der Waals surface area contributed by atoms with E-state index in [0.29, 0.717) is 6.04 Å². The highest BCUT2D eigenvalue weighted by Crippen LogP contribution is 1.86. The van der Waals surface area contributed by atoms with Crippen LogP contribution in [0, 0.1) is 0 Å². The molecule has 0 aliphatic rings. The van der Waals surface area contributed by atoms with Crippen LogP contribution in [-0.4, -0.2) is 19.6 Å². The lowest BCUT2D eigenvalue weighted by molar-refractivity contribution is 0.537. The summed E-state index contributed by atoms with van der Waals surface area (Å²) >= 11 is 0. The molecular formula is C7H16N2. The SMILES string of the molecule is C=CNC(CC)CNC. The van der Waals surface area contributed by atoms with E-state index in [1.807, 2.05) is 7.05 Å². The molecular weight excluding hydrogens is 112 g/mol. The number of likely N-dealkylation sites (N-methyl/N-ethyl adjacent to an activating group) is 1. The number of rotatable bonds is 5. The van der Waals surface area contributed by atoms with Crippen LogP contribution in [-0.2, 0) is 0 Å². The van der Waals surface area contributed by atoms with E-state index in [-0.39, 0.29) is 0 Å². The third-order valence-corrected chi connectivity index (χ3v) is 1.30. The normalized spacial score (nSPS) is 12.7. The van der Waals surface area contributed by atoms with Crippen LogP contribution in [0.5, 0.6) is 0 Å². The summed E-state index contributed by atoms with van der Waals surface area (Å²) in [5.74, 6) is 0. The molecule has 0 aromatic rings. The first-order chi connectivity index (χ1) is 4.35. The third kappa shape index (κ3) is 4.03. The average Bonchev–Trinajstić information content (AvgIpc) is 1.88.